The Balaban J connectivity index is 3.75. The molecule has 0 saturated heterocycles. The fourth-order valence-electron chi connectivity index (χ4n) is 0.304. The van der Waals surface area contributed by atoms with Crippen LogP contribution in [0.3, 0.4) is 0 Å². The zero-order valence-electron chi connectivity index (χ0n) is 4.97. The second-order valence-corrected chi connectivity index (χ2v) is 3.63. The summed E-state index contributed by atoms with van der Waals surface area (Å²) in [6.45, 7) is -0.381. The van der Waals surface area contributed by atoms with Crippen molar-refractivity contribution in [2.24, 2.45) is 0 Å². The van der Waals surface area contributed by atoms with Gasteiger partial charge in [0.1, 0.15) is 6.10 Å². The van der Waals surface area contributed by atoms with E-state index in [1.165, 1.54) is 0 Å². The summed E-state index contributed by atoms with van der Waals surface area (Å²) >= 11 is 1.86. The van der Waals surface area contributed by atoms with Crippen LogP contribution in [0, 0.1) is 0 Å². The smallest absolute Gasteiger partial charge is 0.394 e. The van der Waals surface area contributed by atoms with Gasteiger partial charge in [0.15, 0.2) is 0 Å². The molecular weight excluding hydrogens is 274 g/mol. The van der Waals surface area contributed by atoms with E-state index < -0.39 is 13.9 Å². The maximum absolute atomic E-state index is 10.1. The highest BCUT2D eigenvalue weighted by atomic mass is 127. The molecule has 0 fully saturated rings. The van der Waals surface area contributed by atoms with E-state index in [-0.39, 0.29) is 6.61 Å². The second kappa shape index (κ2) is 4.63. The third-order valence-electron chi connectivity index (χ3n) is 0.662. The van der Waals surface area contributed by atoms with Crippen molar-refractivity contribution in [3.63, 3.8) is 0 Å². The van der Waals surface area contributed by atoms with Crippen LogP contribution in [0.15, 0.2) is 0 Å². The highest BCUT2D eigenvalue weighted by Gasteiger charge is 2.20. The lowest BCUT2D eigenvalue weighted by molar-refractivity contribution is 0.0966. The van der Waals surface area contributed by atoms with E-state index in [0.717, 1.165) is 0 Å². The molecule has 7 heteroatoms. The average molecular weight is 282 g/mol. The van der Waals surface area contributed by atoms with E-state index in [2.05, 4.69) is 4.52 Å². The molecule has 0 aliphatic carbocycles. The Morgan fingerprint density at radius 1 is 1.60 bits per heavy atom. The van der Waals surface area contributed by atoms with Crippen LogP contribution in [0.1, 0.15) is 0 Å². The first-order valence-electron chi connectivity index (χ1n) is 2.40. The lowest BCUT2D eigenvalue weighted by Gasteiger charge is -2.11. The molecule has 0 aliphatic heterocycles. The molecule has 0 aromatic rings. The monoisotopic (exact) mass is 282 g/mol. The summed E-state index contributed by atoms with van der Waals surface area (Å²) in [5.41, 5.74) is 0. The molecule has 0 bridgehead atoms. The van der Waals surface area contributed by atoms with Crippen LogP contribution >= 0.6 is 30.4 Å². The molecule has 62 valence electrons. The van der Waals surface area contributed by atoms with Crippen molar-refractivity contribution in [2.45, 2.75) is 6.10 Å². The zero-order valence-corrected chi connectivity index (χ0v) is 8.03. The Hall–Kier alpha value is 0.800. The number of phosphoric acid groups is 1. The SMILES string of the molecule is O=P(O)(O)OC(CO)CI. The summed E-state index contributed by atoms with van der Waals surface area (Å²) < 4.78 is 14.6. The lowest BCUT2D eigenvalue weighted by Crippen LogP contribution is -2.17. The number of rotatable bonds is 4. The van der Waals surface area contributed by atoms with Gasteiger partial charge in [-0.25, -0.2) is 4.57 Å². The van der Waals surface area contributed by atoms with E-state index in [1.54, 1.807) is 0 Å². The summed E-state index contributed by atoms with van der Waals surface area (Å²) in [6.07, 6.45) is -0.776. The summed E-state index contributed by atoms with van der Waals surface area (Å²) in [5, 5.41) is 8.42. The van der Waals surface area contributed by atoms with E-state index in [1.807, 2.05) is 22.6 Å². The Morgan fingerprint density at radius 2 is 2.10 bits per heavy atom. The van der Waals surface area contributed by atoms with Gasteiger partial charge in [-0.1, -0.05) is 22.6 Å². The highest BCUT2D eigenvalue weighted by molar-refractivity contribution is 14.1. The molecule has 10 heavy (non-hydrogen) atoms. The minimum atomic E-state index is -4.42. The number of hydrogen-bond acceptors (Lipinski definition) is 3. The van der Waals surface area contributed by atoms with E-state index in [4.69, 9.17) is 14.9 Å². The fourth-order valence-corrected chi connectivity index (χ4v) is 1.58. The predicted molar refractivity (Wildman–Crippen MR) is 42.9 cm³/mol. The molecule has 0 radical (unpaired) electrons. The van der Waals surface area contributed by atoms with Crippen molar-refractivity contribution in [3.05, 3.63) is 0 Å². The first kappa shape index (κ1) is 10.8. The van der Waals surface area contributed by atoms with Gasteiger partial charge in [-0.2, -0.15) is 0 Å². The third-order valence-corrected chi connectivity index (χ3v) is 2.22. The molecule has 1 atom stereocenters. The van der Waals surface area contributed by atoms with Crippen molar-refractivity contribution < 1.29 is 24.0 Å². The van der Waals surface area contributed by atoms with Crippen molar-refractivity contribution in [1.82, 2.24) is 0 Å². The first-order chi connectivity index (χ1) is 4.49. The number of phosphoric ester groups is 1. The normalized spacial score (nSPS) is 15.2. The summed E-state index contributed by atoms with van der Waals surface area (Å²) in [4.78, 5) is 16.4. The first-order valence-corrected chi connectivity index (χ1v) is 5.46. The second-order valence-electron chi connectivity index (χ2n) is 1.55. The molecule has 0 aromatic carbocycles. The van der Waals surface area contributed by atoms with Crippen molar-refractivity contribution in [2.75, 3.05) is 11.0 Å². The Bertz CT molecular complexity index is 129. The fraction of sp³-hybridized carbons (Fsp3) is 1.00. The zero-order chi connectivity index (χ0) is 8.20. The maximum Gasteiger partial charge on any atom is 0.469 e. The van der Waals surface area contributed by atoms with Crippen molar-refractivity contribution in [1.29, 1.82) is 0 Å². The minimum absolute atomic E-state index is 0.347. The predicted octanol–water partition coefficient (Wildman–Crippen LogP) is -0.108. The van der Waals surface area contributed by atoms with Gasteiger partial charge in [-0.05, 0) is 0 Å². The van der Waals surface area contributed by atoms with Crippen LogP contribution in [0.5, 0.6) is 0 Å². The topological polar surface area (TPSA) is 87.0 Å². The molecule has 0 aliphatic rings. The summed E-state index contributed by atoms with van der Waals surface area (Å²) in [6, 6.07) is 0. The largest absolute Gasteiger partial charge is 0.469 e. The number of alkyl halides is 1. The third kappa shape index (κ3) is 5.57. The molecule has 5 nitrogen and oxygen atoms in total. The lowest BCUT2D eigenvalue weighted by atomic mass is 10.5. The van der Waals surface area contributed by atoms with Gasteiger partial charge in [0.2, 0.25) is 0 Å². The van der Waals surface area contributed by atoms with Crippen LogP contribution < -0.4 is 0 Å². The van der Waals surface area contributed by atoms with Crippen LogP contribution in [-0.2, 0) is 9.09 Å². The van der Waals surface area contributed by atoms with Crippen molar-refractivity contribution in [3.8, 4) is 0 Å². The van der Waals surface area contributed by atoms with Crippen molar-refractivity contribution >= 4 is 30.4 Å². The van der Waals surface area contributed by atoms with Gasteiger partial charge in [0.25, 0.3) is 0 Å². The molecule has 0 saturated carbocycles. The highest BCUT2D eigenvalue weighted by Crippen LogP contribution is 2.37. The van der Waals surface area contributed by atoms with Gasteiger partial charge < -0.3 is 14.9 Å². The van der Waals surface area contributed by atoms with Crippen LogP contribution in [0.2, 0.25) is 0 Å². The van der Waals surface area contributed by atoms with E-state index in [9.17, 15) is 4.57 Å². The van der Waals surface area contributed by atoms with Crippen LogP contribution in [0.4, 0.5) is 0 Å². The summed E-state index contributed by atoms with van der Waals surface area (Å²) in [7, 11) is -4.42. The molecule has 0 spiro atoms. The van der Waals surface area contributed by atoms with Gasteiger partial charge in [-0.3, -0.25) is 4.52 Å². The van der Waals surface area contributed by atoms with E-state index in [0.29, 0.717) is 4.43 Å². The Labute approximate surface area is 71.8 Å². The average Bonchev–Trinajstić information content (AvgIpc) is 1.81. The maximum atomic E-state index is 10.1. The van der Waals surface area contributed by atoms with Crippen LogP contribution in [0.25, 0.3) is 0 Å². The standard InChI is InChI=1S/C3H8IO5P/c4-1-3(2-5)9-10(6,7)8/h3,5H,1-2H2,(H2,6,7,8). The molecule has 3 N–H and O–H groups in total. The van der Waals surface area contributed by atoms with E-state index >= 15 is 0 Å². The van der Waals surface area contributed by atoms with Gasteiger partial charge in [-0.15, -0.1) is 0 Å². The Kier molecular flexibility index (Phi) is 5.00. The Morgan fingerprint density at radius 3 is 2.20 bits per heavy atom. The molecule has 0 rings (SSSR count). The van der Waals surface area contributed by atoms with Gasteiger partial charge in [0, 0.05) is 4.43 Å². The number of aliphatic hydroxyl groups excluding tert-OH is 1. The quantitative estimate of drug-likeness (QED) is 0.380. The van der Waals surface area contributed by atoms with Gasteiger partial charge in [0.05, 0.1) is 6.61 Å². The summed E-state index contributed by atoms with van der Waals surface area (Å²) in [5.74, 6) is 0. The molecule has 0 amide bonds. The molecule has 0 heterocycles. The molecule has 0 aromatic heterocycles. The molecular formula is C3H8IO5P. The number of hydrogen-bond donors (Lipinski definition) is 3. The molecule has 1 unspecified atom stereocenters. The van der Waals surface area contributed by atoms with Crippen LogP contribution in [-0.4, -0.2) is 32.0 Å². The number of halogens is 1. The number of aliphatic hydroxyl groups is 1. The minimum Gasteiger partial charge on any atom is -0.394 e. The van der Waals surface area contributed by atoms with Gasteiger partial charge >= 0.3 is 7.82 Å².